The maximum atomic E-state index is 15.6. The summed E-state index contributed by atoms with van der Waals surface area (Å²) in [5.41, 5.74) is 5.21. The number of carboxylic acids is 1. The number of benzene rings is 3. The lowest BCUT2D eigenvalue weighted by Crippen LogP contribution is -2.35. The van der Waals surface area contributed by atoms with Crippen LogP contribution in [0, 0.1) is 17.6 Å². The molecule has 0 spiro atoms. The minimum atomic E-state index is -4.01. The van der Waals surface area contributed by atoms with Gasteiger partial charge in [0.05, 0.1) is 24.6 Å². The molecule has 1 atom stereocenters. The minimum Gasteiger partial charge on any atom is -0.476 e. The monoisotopic (exact) mass is 706 g/mol. The van der Waals surface area contributed by atoms with E-state index in [1.165, 1.54) is 23.6 Å². The third-order valence-electron chi connectivity index (χ3n) is 8.84. The zero-order chi connectivity index (χ0) is 34.3. The molecule has 3 heterocycles. The molecule has 1 aliphatic heterocycles. The summed E-state index contributed by atoms with van der Waals surface area (Å²) in [5, 5.41) is 21.7. The summed E-state index contributed by atoms with van der Waals surface area (Å²) in [6, 6.07) is 16.5. The highest BCUT2D eigenvalue weighted by Crippen LogP contribution is 2.39. The molecular formula is C35H34F2N5O5S2+. The number of morpholine rings is 1. The SMILES string of the molecule is N[S+](=O)(O)c1ccc(Cc2c(-c3ccc(F)c(-c4cccc(CN5CCOCC5)c4)c3)nn(-c3nc(C(=O)O)cs3)c2CC2CC2)cc1F. The van der Waals surface area contributed by atoms with Gasteiger partial charge in [0.2, 0.25) is 10.0 Å². The Hall–Kier alpha value is -4.18. The van der Waals surface area contributed by atoms with Gasteiger partial charge in [-0.15, -0.1) is 16.5 Å². The molecule has 4 N–H and O–H groups in total. The largest absolute Gasteiger partial charge is 0.476 e. The van der Waals surface area contributed by atoms with E-state index in [0.717, 1.165) is 54.1 Å². The van der Waals surface area contributed by atoms with Crippen LogP contribution in [0.15, 0.2) is 70.9 Å². The number of nitrogens with two attached hydrogens (primary N) is 1. The van der Waals surface area contributed by atoms with Gasteiger partial charge in [-0.2, -0.15) is 9.65 Å². The van der Waals surface area contributed by atoms with Gasteiger partial charge in [-0.1, -0.05) is 24.3 Å². The number of hydrogen-bond acceptors (Lipinski definition) is 7. The average Bonchev–Trinajstić information content (AvgIpc) is 3.63. The highest BCUT2D eigenvalue weighted by atomic mass is 32.3. The molecule has 254 valence electrons. The van der Waals surface area contributed by atoms with E-state index in [-0.39, 0.29) is 12.1 Å². The van der Waals surface area contributed by atoms with Crippen LogP contribution in [-0.4, -0.2) is 61.6 Å². The van der Waals surface area contributed by atoms with Crippen LogP contribution in [0.25, 0.3) is 27.5 Å². The molecule has 1 saturated carbocycles. The second kappa shape index (κ2) is 13.6. The molecule has 7 rings (SSSR count). The number of hydrogen-bond donors (Lipinski definition) is 3. The summed E-state index contributed by atoms with van der Waals surface area (Å²) >= 11 is 1.14. The van der Waals surface area contributed by atoms with E-state index in [1.54, 1.807) is 22.9 Å². The van der Waals surface area contributed by atoms with Crippen molar-refractivity contribution < 1.29 is 32.2 Å². The molecule has 2 aromatic heterocycles. The number of ether oxygens (including phenoxy) is 1. The van der Waals surface area contributed by atoms with E-state index in [9.17, 15) is 18.7 Å². The number of thiazole rings is 1. The van der Waals surface area contributed by atoms with E-state index in [4.69, 9.17) is 15.0 Å². The lowest BCUT2D eigenvalue weighted by Gasteiger charge is -2.26. The van der Waals surface area contributed by atoms with E-state index in [1.807, 2.05) is 24.3 Å². The van der Waals surface area contributed by atoms with Crippen LogP contribution < -0.4 is 5.14 Å². The van der Waals surface area contributed by atoms with Gasteiger partial charge in [0, 0.05) is 54.2 Å². The third kappa shape index (κ3) is 7.39. The second-order valence-corrected chi connectivity index (χ2v) is 14.9. The van der Waals surface area contributed by atoms with Crippen LogP contribution in [0.5, 0.6) is 0 Å². The molecular weight excluding hydrogens is 673 g/mol. The predicted octanol–water partition coefficient (Wildman–Crippen LogP) is 6.22. The first-order chi connectivity index (χ1) is 23.5. The molecule has 10 nitrogen and oxygen atoms in total. The average molecular weight is 707 g/mol. The van der Waals surface area contributed by atoms with E-state index < -0.39 is 32.9 Å². The number of rotatable bonds is 11. The Labute approximate surface area is 286 Å². The highest BCUT2D eigenvalue weighted by molar-refractivity contribution is 7.95. The lowest BCUT2D eigenvalue weighted by atomic mass is 9.94. The van der Waals surface area contributed by atoms with Crippen molar-refractivity contribution in [3.05, 3.63) is 106 Å². The Bertz CT molecular complexity index is 2080. The Morgan fingerprint density at radius 1 is 1.02 bits per heavy atom. The summed E-state index contributed by atoms with van der Waals surface area (Å²) in [6.07, 6.45) is 2.84. The maximum absolute atomic E-state index is 15.6. The van der Waals surface area contributed by atoms with Crippen LogP contribution in [0.3, 0.4) is 0 Å². The standard InChI is InChI=1S/C35H33F2N5O5S2/c36-28-8-7-25(18-26(28)24-3-1-2-23(14-24)19-41-10-12-47-13-11-41)33-27(15-22-6-9-32(29(37)16-22)49(38,45)46)31(17-21-4-5-21)42(40-33)35-39-30(20-48-35)34(43)44/h1-3,6-9,14,16,18,20-21H,4-5,10-13,15,17,19H2,(H3-,38,43,44,45,46)/p+1. The van der Waals surface area contributed by atoms with Crippen LogP contribution in [0.4, 0.5) is 8.78 Å². The number of aromatic carboxylic acids is 1. The molecule has 5 aromatic rings. The molecule has 14 heteroatoms. The first-order valence-electron chi connectivity index (χ1n) is 15.9. The summed E-state index contributed by atoms with van der Waals surface area (Å²) in [5.74, 6) is -2.08. The number of carbonyl (C=O) groups is 1. The second-order valence-electron chi connectivity index (χ2n) is 12.4. The minimum absolute atomic E-state index is 0.107. The first-order valence-corrected chi connectivity index (χ1v) is 18.3. The molecule has 0 amide bonds. The molecule has 49 heavy (non-hydrogen) atoms. The summed E-state index contributed by atoms with van der Waals surface area (Å²) < 4.78 is 59.5. The molecule has 3 aromatic carbocycles. The number of nitrogens with zero attached hydrogens (tertiary/aromatic N) is 4. The Morgan fingerprint density at radius 2 is 1.82 bits per heavy atom. The fourth-order valence-corrected chi connectivity index (χ4v) is 7.54. The Balaban J connectivity index is 1.34. The summed E-state index contributed by atoms with van der Waals surface area (Å²) in [4.78, 5) is 17.8. The fraction of sp³-hybridized carbons (Fsp3) is 0.286. The van der Waals surface area contributed by atoms with Crippen molar-refractivity contribution in [2.45, 2.75) is 37.1 Å². The van der Waals surface area contributed by atoms with Crippen molar-refractivity contribution in [1.29, 1.82) is 0 Å². The van der Waals surface area contributed by atoms with Crippen molar-refractivity contribution in [1.82, 2.24) is 19.7 Å². The number of halogens is 2. The van der Waals surface area contributed by atoms with Gasteiger partial charge in [-0.3, -0.25) is 4.90 Å². The lowest BCUT2D eigenvalue weighted by molar-refractivity contribution is 0.0342. The molecule has 1 saturated heterocycles. The quantitative estimate of drug-likeness (QED) is 0.137. The molecule has 2 fully saturated rings. The molecule has 2 aliphatic rings. The van der Waals surface area contributed by atoms with Gasteiger partial charge in [0.1, 0.15) is 5.82 Å². The van der Waals surface area contributed by atoms with Crippen molar-refractivity contribution in [2.24, 2.45) is 11.1 Å². The fourth-order valence-electron chi connectivity index (χ4n) is 6.17. The van der Waals surface area contributed by atoms with E-state index >= 15 is 8.78 Å². The van der Waals surface area contributed by atoms with Gasteiger partial charge >= 0.3 is 16.4 Å². The molecule has 0 bridgehead atoms. The van der Waals surface area contributed by atoms with Gasteiger partial charge in [-0.05, 0) is 76.4 Å². The van der Waals surface area contributed by atoms with Crippen molar-refractivity contribution in [3.63, 3.8) is 0 Å². The predicted molar refractivity (Wildman–Crippen MR) is 182 cm³/mol. The zero-order valence-corrected chi connectivity index (χ0v) is 28.0. The van der Waals surface area contributed by atoms with Crippen molar-refractivity contribution >= 4 is 27.7 Å². The van der Waals surface area contributed by atoms with Gasteiger partial charge in [-0.25, -0.2) is 23.2 Å². The molecule has 1 aliphatic carbocycles. The number of aromatic nitrogens is 3. The van der Waals surface area contributed by atoms with E-state index in [0.29, 0.717) is 65.2 Å². The van der Waals surface area contributed by atoms with Crippen LogP contribution in [-0.2, 0) is 38.7 Å². The summed E-state index contributed by atoms with van der Waals surface area (Å²) in [6.45, 7) is 3.73. The smallest absolute Gasteiger partial charge is 0.355 e. The Morgan fingerprint density at radius 3 is 2.51 bits per heavy atom. The van der Waals surface area contributed by atoms with Gasteiger partial charge in [0.15, 0.2) is 11.5 Å². The van der Waals surface area contributed by atoms with Crippen molar-refractivity contribution in [3.8, 4) is 27.5 Å². The molecule has 1 unspecified atom stereocenters. The van der Waals surface area contributed by atoms with Crippen molar-refractivity contribution in [2.75, 3.05) is 26.3 Å². The maximum Gasteiger partial charge on any atom is 0.355 e. The highest BCUT2D eigenvalue weighted by Gasteiger charge is 2.31. The third-order valence-corrected chi connectivity index (χ3v) is 10.6. The van der Waals surface area contributed by atoms with Crippen LogP contribution >= 0.6 is 11.3 Å². The van der Waals surface area contributed by atoms with Gasteiger partial charge in [0.25, 0.3) is 0 Å². The Kier molecular flexibility index (Phi) is 9.26. The van der Waals surface area contributed by atoms with Crippen LogP contribution in [0.2, 0.25) is 0 Å². The van der Waals surface area contributed by atoms with E-state index in [2.05, 4.69) is 9.88 Å². The topological polar surface area (TPSA) is 144 Å². The van der Waals surface area contributed by atoms with Gasteiger partial charge < -0.3 is 9.84 Å². The van der Waals surface area contributed by atoms with Crippen LogP contribution in [0.1, 0.15) is 45.7 Å². The number of carboxylic acid groups (broad SMARTS) is 1. The summed E-state index contributed by atoms with van der Waals surface area (Å²) in [7, 11) is -4.01. The first kappa shape index (κ1) is 33.3. The molecule has 0 radical (unpaired) electrons. The normalized spacial score (nSPS) is 16.5. The zero-order valence-electron chi connectivity index (χ0n) is 26.3.